The minimum absolute atomic E-state index is 0.121. The lowest BCUT2D eigenvalue weighted by atomic mass is 10.1. The van der Waals surface area contributed by atoms with Gasteiger partial charge in [-0.25, -0.2) is 0 Å². The van der Waals surface area contributed by atoms with Crippen molar-refractivity contribution in [3.8, 4) is 0 Å². The average molecular weight is 270 g/mol. The van der Waals surface area contributed by atoms with Gasteiger partial charge in [-0.1, -0.05) is 6.92 Å². The van der Waals surface area contributed by atoms with E-state index in [4.69, 9.17) is 4.74 Å². The van der Waals surface area contributed by atoms with Crippen LogP contribution in [0.3, 0.4) is 0 Å². The Labute approximate surface area is 108 Å². The summed E-state index contributed by atoms with van der Waals surface area (Å²) in [5.41, 5.74) is -0.121. The van der Waals surface area contributed by atoms with Gasteiger partial charge < -0.3 is 10.1 Å². The van der Waals surface area contributed by atoms with Crippen LogP contribution in [0.1, 0.15) is 27.7 Å². The second kappa shape index (κ2) is 7.31. The first kappa shape index (κ1) is 17.7. The summed E-state index contributed by atoms with van der Waals surface area (Å²) in [5, 5.41) is 3.22. The molecule has 1 atom stereocenters. The zero-order chi connectivity index (χ0) is 14.4. The maximum Gasteiger partial charge on any atom is 0.401 e. The van der Waals surface area contributed by atoms with Crippen LogP contribution in [-0.4, -0.2) is 56.0 Å². The van der Waals surface area contributed by atoms with Crippen molar-refractivity contribution in [1.29, 1.82) is 0 Å². The van der Waals surface area contributed by atoms with Crippen LogP contribution in [0.5, 0.6) is 0 Å². The van der Waals surface area contributed by atoms with Crippen molar-refractivity contribution < 1.29 is 17.9 Å². The maximum absolute atomic E-state index is 12.5. The largest absolute Gasteiger partial charge is 0.401 e. The Balaban J connectivity index is 4.52. The summed E-state index contributed by atoms with van der Waals surface area (Å²) in [7, 11) is 1.51. The molecule has 0 spiro atoms. The molecule has 0 saturated carbocycles. The second-order valence-corrected chi connectivity index (χ2v) is 5.42. The van der Waals surface area contributed by atoms with Gasteiger partial charge in [0.25, 0.3) is 0 Å². The van der Waals surface area contributed by atoms with E-state index >= 15 is 0 Å². The third-order valence-corrected chi connectivity index (χ3v) is 2.53. The van der Waals surface area contributed by atoms with E-state index in [1.165, 1.54) is 12.0 Å². The van der Waals surface area contributed by atoms with Crippen LogP contribution in [0.25, 0.3) is 0 Å². The zero-order valence-electron chi connectivity index (χ0n) is 11.9. The fourth-order valence-corrected chi connectivity index (χ4v) is 1.64. The Morgan fingerprint density at radius 1 is 1.22 bits per heavy atom. The number of rotatable bonds is 7. The van der Waals surface area contributed by atoms with Crippen molar-refractivity contribution in [3.05, 3.63) is 0 Å². The molecule has 0 amide bonds. The van der Waals surface area contributed by atoms with Crippen molar-refractivity contribution in [2.75, 3.05) is 33.4 Å². The molecular weight excluding hydrogens is 245 g/mol. The number of ether oxygens (including phenoxy) is 1. The van der Waals surface area contributed by atoms with Crippen LogP contribution in [-0.2, 0) is 4.74 Å². The van der Waals surface area contributed by atoms with Crippen LogP contribution in [0.4, 0.5) is 13.2 Å². The SMILES string of the molecule is CCN(CC(F)(F)F)C(CNC(C)(C)C)COC. The molecule has 6 heteroatoms. The van der Waals surface area contributed by atoms with Gasteiger partial charge in [0.1, 0.15) is 0 Å². The molecule has 0 fully saturated rings. The Morgan fingerprint density at radius 3 is 2.11 bits per heavy atom. The molecule has 0 heterocycles. The van der Waals surface area contributed by atoms with Gasteiger partial charge in [0.2, 0.25) is 0 Å². The molecule has 0 aliphatic heterocycles. The van der Waals surface area contributed by atoms with Gasteiger partial charge in [-0.2, -0.15) is 13.2 Å². The number of hydrogen-bond acceptors (Lipinski definition) is 3. The molecule has 18 heavy (non-hydrogen) atoms. The molecule has 1 N–H and O–H groups in total. The molecule has 3 nitrogen and oxygen atoms in total. The molecule has 0 aromatic heterocycles. The molecule has 110 valence electrons. The molecule has 0 aliphatic rings. The first-order chi connectivity index (χ1) is 8.09. The van der Waals surface area contributed by atoms with E-state index in [1.54, 1.807) is 6.92 Å². The van der Waals surface area contributed by atoms with Gasteiger partial charge in [0.05, 0.1) is 13.2 Å². The molecule has 0 saturated heterocycles. The number of likely N-dealkylation sites (N-methyl/N-ethyl adjacent to an activating group) is 1. The summed E-state index contributed by atoms with van der Waals surface area (Å²) in [4.78, 5) is 1.39. The average Bonchev–Trinajstić information content (AvgIpc) is 2.18. The Kier molecular flexibility index (Phi) is 7.17. The fourth-order valence-electron chi connectivity index (χ4n) is 1.64. The van der Waals surface area contributed by atoms with Crippen molar-refractivity contribution in [2.24, 2.45) is 0 Å². The van der Waals surface area contributed by atoms with E-state index in [2.05, 4.69) is 5.32 Å². The lowest BCUT2D eigenvalue weighted by molar-refractivity contribution is -0.152. The molecule has 0 bridgehead atoms. The number of alkyl halides is 3. The summed E-state index contributed by atoms with van der Waals surface area (Å²) >= 11 is 0. The van der Waals surface area contributed by atoms with Crippen LogP contribution in [0.15, 0.2) is 0 Å². The minimum Gasteiger partial charge on any atom is -0.383 e. The number of hydrogen-bond donors (Lipinski definition) is 1. The fraction of sp³-hybridized carbons (Fsp3) is 1.00. The van der Waals surface area contributed by atoms with Crippen LogP contribution >= 0.6 is 0 Å². The predicted octanol–water partition coefficient (Wildman–Crippen LogP) is 2.27. The Hall–Kier alpha value is -0.330. The Morgan fingerprint density at radius 2 is 1.78 bits per heavy atom. The van der Waals surface area contributed by atoms with E-state index in [9.17, 15) is 13.2 Å². The normalized spacial score (nSPS) is 15.2. The molecular formula is C12H25F3N2O. The minimum atomic E-state index is -4.18. The number of methoxy groups -OCH3 is 1. The summed E-state index contributed by atoms with van der Waals surface area (Å²) in [5.74, 6) is 0. The van der Waals surface area contributed by atoms with Crippen LogP contribution in [0.2, 0.25) is 0 Å². The van der Waals surface area contributed by atoms with E-state index in [1.807, 2.05) is 20.8 Å². The summed E-state index contributed by atoms with van der Waals surface area (Å²) in [6.07, 6.45) is -4.18. The standard InChI is InChI=1S/C12H25F3N2O/c1-6-17(9-12(13,14)15)10(8-18-5)7-16-11(2,3)4/h10,16H,6-9H2,1-5H3. The van der Waals surface area contributed by atoms with Crippen molar-refractivity contribution in [1.82, 2.24) is 10.2 Å². The van der Waals surface area contributed by atoms with Gasteiger partial charge in [0, 0.05) is 25.2 Å². The monoisotopic (exact) mass is 270 g/mol. The lowest BCUT2D eigenvalue weighted by Crippen LogP contribution is -2.51. The maximum atomic E-state index is 12.5. The van der Waals surface area contributed by atoms with Gasteiger partial charge in [0.15, 0.2) is 0 Å². The van der Waals surface area contributed by atoms with Crippen LogP contribution in [0, 0.1) is 0 Å². The van der Waals surface area contributed by atoms with E-state index < -0.39 is 12.7 Å². The summed E-state index contributed by atoms with van der Waals surface area (Å²) < 4.78 is 42.4. The van der Waals surface area contributed by atoms with Crippen molar-refractivity contribution in [3.63, 3.8) is 0 Å². The van der Waals surface area contributed by atoms with E-state index in [0.717, 1.165) is 0 Å². The highest BCUT2D eigenvalue weighted by atomic mass is 19.4. The topological polar surface area (TPSA) is 24.5 Å². The number of nitrogens with one attached hydrogen (secondary N) is 1. The van der Waals surface area contributed by atoms with Gasteiger partial charge in [-0.3, -0.25) is 4.90 Å². The third-order valence-electron chi connectivity index (χ3n) is 2.53. The first-order valence-electron chi connectivity index (χ1n) is 6.14. The molecule has 1 unspecified atom stereocenters. The molecule has 0 rings (SSSR count). The van der Waals surface area contributed by atoms with Gasteiger partial charge in [-0.15, -0.1) is 0 Å². The lowest BCUT2D eigenvalue weighted by Gasteiger charge is -2.33. The zero-order valence-corrected chi connectivity index (χ0v) is 11.9. The number of nitrogens with zero attached hydrogens (tertiary/aromatic N) is 1. The highest BCUT2D eigenvalue weighted by Gasteiger charge is 2.33. The highest BCUT2D eigenvalue weighted by Crippen LogP contribution is 2.18. The van der Waals surface area contributed by atoms with Crippen molar-refractivity contribution >= 4 is 0 Å². The van der Waals surface area contributed by atoms with Crippen molar-refractivity contribution in [2.45, 2.75) is 45.5 Å². The van der Waals surface area contributed by atoms with E-state index in [-0.39, 0.29) is 18.2 Å². The van der Waals surface area contributed by atoms with Gasteiger partial charge in [-0.05, 0) is 27.3 Å². The predicted molar refractivity (Wildman–Crippen MR) is 66.7 cm³/mol. The molecule has 0 aromatic rings. The summed E-state index contributed by atoms with van der Waals surface area (Å²) in [6, 6.07) is -0.277. The first-order valence-corrected chi connectivity index (χ1v) is 6.14. The third kappa shape index (κ3) is 8.72. The number of halogens is 3. The highest BCUT2D eigenvalue weighted by molar-refractivity contribution is 4.80. The quantitative estimate of drug-likeness (QED) is 0.768. The molecule has 0 aliphatic carbocycles. The molecule has 0 radical (unpaired) electrons. The Bertz CT molecular complexity index is 226. The molecule has 0 aromatic carbocycles. The van der Waals surface area contributed by atoms with Gasteiger partial charge >= 0.3 is 6.18 Å². The smallest absolute Gasteiger partial charge is 0.383 e. The second-order valence-electron chi connectivity index (χ2n) is 5.42. The van der Waals surface area contributed by atoms with E-state index in [0.29, 0.717) is 13.1 Å². The van der Waals surface area contributed by atoms with Crippen LogP contribution < -0.4 is 5.32 Å². The summed E-state index contributed by atoms with van der Waals surface area (Å²) in [6.45, 7) is 7.88.